The fraction of sp³-hybridized carbons (Fsp3) is 0.235. The van der Waals surface area contributed by atoms with Gasteiger partial charge in [-0.15, -0.1) is 23.1 Å². The number of carbonyl (C=O) groups excluding carboxylic acids is 1. The van der Waals surface area contributed by atoms with Gasteiger partial charge in [-0.3, -0.25) is 4.79 Å². The first-order valence-electron chi connectivity index (χ1n) is 7.45. The van der Waals surface area contributed by atoms with Gasteiger partial charge in [0.05, 0.1) is 18.4 Å². The Labute approximate surface area is 153 Å². The molecule has 0 amide bonds. The monoisotopic (exact) mass is 378 g/mol. The highest BCUT2D eigenvalue weighted by molar-refractivity contribution is 7.99. The first-order valence-corrected chi connectivity index (χ1v) is 9.70. The van der Waals surface area contributed by atoms with E-state index in [2.05, 4.69) is 15.3 Å². The van der Waals surface area contributed by atoms with Gasteiger partial charge < -0.3 is 4.74 Å². The molecule has 3 aromatic rings. The lowest BCUT2D eigenvalue weighted by atomic mass is 10.1. The van der Waals surface area contributed by atoms with Gasteiger partial charge in [-0.2, -0.15) is 0 Å². The summed E-state index contributed by atoms with van der Waals surface area (Å²) in [7, 11) is 0. The molecule has 0 spiro atoms. The molecular weight excluding hydrogens is 364 g/mol. The third kappa shape index (κ3) is 3.88. The van der Waals surface area contributed by atoms with Crippen molar-refractivity contribution < 1.29 is 9.53 Å². The molecule has 0 N–H and O–H groups in total. The Morgan fingerprint density at radius 1 is 1.29 bits per heavy atom. The van der Waals surface area contributed by atoms with Crippen molar-refractivity contribution in [2.24, 2.45) is 0 Å². The van der Waals surface area contributed by atoms with Crippen molar-refractivity contribution in [3.63, 3.8) is 0 Å². The number of thioether (sulfide) groups is 1. The summed E-state index contributed by atoms with van der Waals surface area (Å²) in [6, 6.07) is 7.73. The first-order chi connectivity index (χ1) is 11.7. The molecule has 4 nitrogen and oxygen atoms in total. The molecule has 1 aromatic carbocycles. The minimum atomic E-state index is -0.182. The predicted octanol–water partition coefficient (Wildman–Crippen LogP) is 5.06. The van der Waals surface area contributed by atoms with Crippen molar-refractivity contribution in [2.45, 2.75) is 18.4 Å². The van der Waals surface area contributed by atoms with Crippen LogP contribution in [0.1, 0.15) is 13.3 Å². The maximum Gasteiger partial charge on any atom is 0.306 e. The molecule has 7 heteroatoms. The summed E-state index contributed by atoms with van der Waals surface area (Å²) >= 11 is 9.11. The van der Waals surface area contributed by atoms with Gasteiger partial charge in [-0.1, -0.05) is 23.7 Å². The van der Waals surface area contributed by atoms with Gasteiger partial charge in [0.2, 0.25) is 0 Å². The summed E-state index contributed by atoms with van der Waals surface area (Å²) in [6.07, 6.45) is 1.93. The van der Waals surface area contributed by atoms with Gasteiger partial charge in [-0.05, 0) is 24.6 Å². The van der Waals surface area contributed by atoms with Gasteiger partial charge in [-0.25, -0.2) is 9.97 Å². The summed E-state index contributed by atoms with van der Waals surface area (Å²) < 4.78 is 4.96. The zero-order valence-electron chi connectivity index (χ0n) is 13.0. The topological polar surface area (TPSA) is 52.1 Å². The average molecular weight is 379 g/mol. The van der Waals surface area contributed by atoms with Crippen LogP contribution in [-0.4, -0.2) is 28.3 Å². The van der Waals surface area contributed by atoms with Crippen LogP contribution in [0.4, 0.5) is 0 Å². The van der Waals surface area contributed by atoms with E-state index < -0.39 is 0 Å². The van der Waals surface area contributed by atoms with E-state index in [1.165, 1.54) is 0 Å². The molecule has 0 saturated carbocycles. The van der Waals surface area contributed by atoms with E-state index in [1.807, 2.05) is 31.2 Å². The Morgan fingerprint density at radius 3 is 2.83 bits per heavy atom. The molecule has 0 saturated heterocycles. The molecule has 0 unspecified atom stereocenters. The fourth-order valence-corrected chi connectivity index (χ4v) is 4.30. The molecule has 0 atom stereocenters. The van der Waals surface area contributed by atoms with Crippen molar-refractivity contribution in [3.05, 3.63) is 41.0 Å². The molecule has 2 aromatic heterocycles. The third-order valence-corrected chi connectivity index (χ3v) is 5.47. The molecular formula is C17H15ClN2O2S2. The Kier molecular flexibility index (Phi) is 5.71. The summed E-state index contributed by atoms with van der Waals surface area (Å²) in [4.78, 5) is 21.2. The van der Waals surface area contributed by atoms with Gasteiger partial charge in [0.25, 0.3) is 0 Å². The van der Waals surface area contributed by atoms with E-state index in [9.17, 15) is 4.79 Å². The van der Waals surface area contributed by atoms with E-state index in [1.54, 1.807) is 29.4 Å². The van der Waals surface area contributed by atoms with E-state index in [-0.39, 0.29) is 5.97 Å². The molecule has 3 rings (SSSR count). The number of rotatable bonds is 6. The van der Waals surface area contributed by atoms with Crippen LogP contribution in [0.25, 0.3) is 21.3 Å². The molecule has 0 aliphatic carbocycles. The average Bonchev–Trinajstić information content (AvgIpc) is 3.01. The number of carbonyl (C=O) groups is 1. The van der Waals surface area contributed by atoms with Crippen LogP contribution in [0, 0.1) is 0 Å². The van der Waals surface area contributed by atoms with Crippen molar-refractivity contribution in [3.8, 4) is 11.1 Å². The summed E-state index contributed by atoms with van der Waals surface area (Å²) in [6.45, 7) is 2.22. The van der Waals surface area contributed by atoms with E-state index in [0.717, 1.165) is 26.4 Å². The van der Waals surface area contributed by atoms with E-state index >= 15 is 0 Å². The molecule has 0 radical (unpaired) electrons. The SMILES string of the molecule is CCOC(=O)CCSc1ncnc2scc(-c3ccc(Cl)cc3)c12. The number of hydrogen-bond donors (Lipinski definition) is 0. The summed E-state index contributed by atoms with van der Waals surface area (Å²) in [5, 5.41) is 4.70. The number of ether oxygens (including phenoxy) is 1. The zero-order chi connectivity index (χ0) is 16.9. The zero-order valence-corrected chi connectivity index (χ0v) is 15.4. The van der Waals surface area contributed by atoms with Crippen LogP contribution in [0.5, 0.6) is 0 Å². The maximum atomic E-state index is 11.5. The smallest absolute Gasteiger partial charge is 0.306 e. The van der Waals surface area contributed by atoms with Gasteiger partial charge >= 0.3 is 5.97 Å². The Balaban J connectivity index is 1.87. The minimum absolute atomic E-state index is 0.182. The van der Waals surface area contributed by atoms with Gasteiger partial charge in [0.15, 0.2) is 0 Å². The second-order valence-corrected chi connectivity index (χ2v) is 7.30. The van der Waals surface area contributed by atoms with Crippen LogP contribution < -0.4 is 0 Å². The first kappa shape index (κ1) is 17.2. The second-order valence-electron chi connectivity index (χ2n) is 4.92. The largest absolute Gasteiger partial charge is 0.466 e. The number of hydrogen-bond acceptors (Lipinski definition) is 6. The van der Waals surface area contributed by atoms with Crippen LogP contribution in [-0.2, 0) is 9.53 Å². The highest BCUT2D eigenvalue weighted by atomic mass is 35.5. The van der Waals surface area contributed by atoms with Crippen molar-refractivity contribution in [2.75, 3.05) is 12.4 Å². The Bertz CT molecular complexity index is 849. The minimum Gasteiger partial charge on any atom is -0.466 e. The van der Waals surface area contributed by atoms with Crippen LogP contribution >= 0.6 is 34.7 Å². The maximum absolute atomic E-state index is 11.5. The van der Waals surface area contributed by atoms with E-state index in [4.69, 9.17) is 16.3 Å². The molecule has 0 aliphatic rings. The van der Waals surface area contributed by atoms with Crippen LogP contribution in [0.15, 0.2) is 41.0 Å². The lowest BCUT2D eigenvalue weighted by molar-refractivity contribution is -0.142. The van der Waals surface area contributed by atoms with Crippen molar-refractivity contribution in [1.82, 2.24) is 9.97 Å². The molecule has 2 heterocycles. The number of fused-ring (bicyclic) bond motifs is 1. The fourth-order valence-electron chi connectivity index (χ4n) is 2.26. The van der Waals surface area contributed by atoms with Crippen molar-refractivity contribution >= 4 is 50.9 Å². The lowest BCUT2D eigenvalue weighted by Crippen LogP contribution is -2.04. The van der Waals surface area contributed by atoms with Gasteiger partial charge in [0, 0.05) is 21.7 Å². The summed E-state index contributed by atoms with van der Waals surface area (Å²) in [5.41, 5.74) is 2.17. The number of benzene rings is 1. The highest BCUT2D eigenvalue weighted by Crippen LogP contribution is 2.38. The lowest BCUT2D eigenvalue weighted by Gasteiger charge is -2.05. The normalized spacial score (nSPS) is 10.9. The molecule has 124 valence electrons. The summed E-state index contributed by atoms with van der Waals surface area (Å²) in [5.74, 6) is 0.444. The number of thiophene rings is 1. The third-order valence-electron chi connectivity index (χ3n) is 3.34. The molecule has 0 bridgehead atoms. The van der Waals surface area contributed by atoms with Crippen LogP contribution in [0.2, 0.25) is 5.02 Å². The quantitative estimate of drug-likeness (QED) is 0.341. The molecule has 0 aliphatic heterocycles. The Hall–Kier alpha value is -1.63. The Morgan fingerprint density at radius 2 is 2.08 bits per heavy atom. The van der Waals surface area contributed by atoms with Crippen LogP contribution in [0.3, 0.4) is 0 Å². The number of halogens is 1. The predicted molar refractivity (Wildman–Crippen MR) is 99.8 cm³/mol. The molecule has 0 fully saturated rings. The number of esters is 1. The highest BCUT2D eigenvalue weighted by Gasteiger charge is 2.14. The molecule has 24 heavy (non-hydrogen) atoms. The van der Waals surface area contributed by atoms with E-state index in [0.29, 0.717) is 23.8 Å². The van der Waals surface area contributed by atoms with Gasteiger partial charge in [0.1, 0.15) is 16.2 Å². The van der Waals surface area contributed by atoms with Crippen molar-refractivity contribution in [1.29, 1.82) is 0 Å². The number of nitrogens with zero attached hydrogens (tertiary/aromatic N) is 2. The number of aromatic nitrogens is 2. The second kappa shape index (κ2) is 7.96. The standard InChI is InChI=1S/C17H15ClN2O2S2/c1-2-22-14(21)7-8-23-16-15-13(9-24-17(15)20-10-19-16)11-3-5-12(18)6-4-11/h3-6,9-10H,2,7-8H2,1H3.